The van der Waals surface area contributed by atoms with Gasteiger partial charge in [0, 0.05) is 44.7 Å². The van der Waals surface area contributed by atoms with Gasteiger partial charge in [0.25, 0.3) is 0 Å². The second-order valence-corrected chi connectivity index (χ2v) is 14.6. The lowest BCUT2D eigenvalue weighted by molar-refractivity contribution is -0.0907. The van der Waals surface area contributed by atoms with Crippen molar-refractivity contribution in [2.24, 2.45) is 11.8 Å². The molecular formula is C32H43N3O6S. The maximum absolute atomic E-state index is 13.4. The van der Waals surface area contributed by atoms with Gasteiger partial charge in [-0.25, -0.2) is 17.5 Å². The fourth-order valence-corrected chi connectivity index (χ4v) is 8.66. The summed E-state index contributed by atoms with van der Waals surface area (Å²) in [7, 11) is -1.93. The fourth-order valence-electron chi connectivity index (χ4n) is 7.34. The number of rotatable bonds is 9. The summed E-state index contributed by atoms with van der Waals surface area (Å²) in [5, 5.41) is 0. The molecule has 9 nitrogen and oxygen atoms in total. The van der Waals surface area contributed by atoms with Gasteiger partial charge in [0.05, 0.1) is 24.0 Å². The number of likely N-dealkylation sites (tertiary alicyclic amines) is 2. The van der Waals surface area contributed by atoms with Crippen LogP contribution < -0.4 is 0 Å². The second-order valence-electron chi connectivity index (χ2n) is 12.6. The number of ether oxygens (including phenoxy) is 3. The highest BCUT2D eigenvalue weighted by molar-refractivity contribution is 7.89. The molecule has 2 aromatic rings. The van der Waals surface area contributed by atoms with E-state index in [2.05, 4.69) is 24.0 Å². The first kappa shape index (κ1) is 29.6. The van der Waals surface area contributed by atoms with Crippen molar-refractivity contribution < 1.29 is 27.4 Å². The molecule has 1 amide bonds. The smallest absolute Gasteiger partial charge is 0.410 e. The first-order valence-corrected chi connectivity index (χ1v) is 16.7. The number of hydrogen-bond acceptors (Lipinski definition) is 7. The van der Waals surface area contributed by atoms with Crippen LogP contribution in [-0.2, 0) is 29.6 Å². The van der Waals surface area contributed by atoms with Gasteiger partial charge in [0.1, 0.15) is 6.10 Å². The summed E-state index contributed by atoms with van der Waals surface area (Å²) in [5.41, 5.74) is 0.765. The summed E-state index contributed by atoms with van der Waals surface area (Å²) in [5.74, 6) is 0.563. The van der Waals surface area contributed by atoms with E-state index >= 15 is 0 Å². The molecule has 6 rings (SSSR count). The minimum absolute atomic E-state index is 0.148. The van der Waals surface area contributed by atoms with E-state index in [1.807, 2.05) is 29.2 Å². The Morgan fingerprint density at radius 2 is 1.76 bits per heavy atom. The van der Waals surface area contributed by atoms with Crippen molar-refractivity contribution in [1.29, 1.82) is 0 Å². The number of likely N-dealkylation sites (N-methyl/N-ethyl adjacent to an activating group) is 1. The van der Waals surface area contributed by atoms with Crippen molar-refractivity contribution in [1.82, 2.24) is 14.1 Å². The van der Waals surface area contributed by atoms with Gasteiger partial charge in [-0.3, -0.25) is 0 Å². The molecule has 0 aliphatic carbocycles. The Kier molecular flexibility index (Phi) is 8.62. The highest BCUT2D eigenvalue weighted by atomic mass is 32.2. The summed E-state index contributed by atoms with van der Waals surface area (Å²) in [4.78, 5) is 17.9. The molecule has 0 spiro atoms. The van der Waals surface area contributed by atoms with Gasteiger partial charge in [-0.2, -0.15) is 0 Å². The normalized spacial score (nSPS) is 29.3. The van der Waals surface area contributed by atoms with E-state index < -0.39 is 10.0 Å². The van der Waals surface area contributed by atoms with Crippen LogP contribution >= 0.6 is 0 Å². The maximum atomic E-state index is 13.4. The maximum Gasteiger partial charge on any atom is 0.410 e. The van der Waals surface area contributed by atoms with E-state index in [1.165, 1.54) is 4.31 Å². The van der Waals surface area contributed by atoms with Gasteiger partial charge in [-0.05, 0) is 55.8 Å². The summed E-state index contributed by atoms with van der Waals surface area (Å²) in [6.07, 6.45) is 2.93. The third-order valence-corrected chi connectivity index (χ3v) is 11.7. The van der Waals surface area contributed by atoms with Crippen LogP contribution in [0.4, 0.5) is 4.79 Å². The van der Waals surface area contributed by atoms with Crippen molar-refractivity contribution in [2.45, 2.75) is 61.4 Å². The Morgan fingerprint density at radius 3 is 2.52 bits per heavy atom. The third kappa shape index (κ3) is 5.97. The van der Waals surface area contributed by atoms with Gasteiger partial charge in [-0.15, -0.1) is 0 Å². The SMILES string of the molecule is CN(CC(C)(CCN1CCC2C(CCN2C(=O)OC2COC3OCCC23)C1)c1ccccc1)S(=O)(=O)c1ccccc1. The molecule has 2 aromatic carbocycles. The van der Waals surface area contributed by atoms with Crippen molar-refractivity contribution >= 4 is 16.1 Å². The van der Waals surface area contributed by atoms with Crippen LogP contribution in [0.15, 0.2) is 65.6 Å². The number of carbonyl (C=O) groups excluding carboxylic acids is 1. The predicted octanol–water partition coefficient (Wildman–Crippen LogP) is 3.95. The van der Waals surface area contributed by atoms with Gasteiger partial charge < -0.3 is 24.0 Å². The van der Waals surface area contributed by atoms with E-state index in [9.17, 15) is 13.2 Å². The molecule has 4 heterocycles. The molecule has 42 heavy (non-hydrogen) atoms. The van der Waals surface area contributed by atoms with Gasteiger partial charge in [0.15, 0.2) is 6.29 Å². The van der Waals surface area contributed by atoms with Crippen LogP contribution in [0.2, 0.25) is 0 Å². The first-order chi connectivity index (χ1) is 20.2. The number of amides is 1. The van der Waals surface area contributed by atoms with E-state index in [0.717, 1.165) is 57.4 Å². The molecule has 4 saturated heterocycles. The highest BCUT2D eigenvalue weighted by Gasteiger charge is 2.47. The largest absolute Gasteiger partial charge is 0.443 e. The van der Waals surface area contributed by atoms with Crippen LogP contribution in [0.3, 0.4) is 0 Å². The topological polar surface area (TPSA) is 88.6 Å². The lowest BCUT2D eigenvalue weighted by Gasteiger charge is -2.40. The molecule has 4 aliphatic heterocycles. The number of carbonyl (C=O) groups is 1. The van der Waals surface area contributed by atoms with Gasteiger partial charge in [0.2, 0.25) is 10.0 Å². The van der Waals surface area contributed by atoms with E-state index in [-0.39, 0.29) is 35.9 Å². The molecular weight excluding hydrogens is 554 g/mol. The minimum Gasteiger partial charge on any atom is -0.443 e. The molecule has 4 fully saturated rings. The van der Waals surface area contributed by atoms with Crippen LogP contribution in [0.1, 0.15) is 38.2 Å². The molecule has 0 bridgehead atoms. The van der Waals surface area contributed by atoms with E-state index in [0.29, 0.717) is 30.6 Å². The molecule has 0 saturated carbocycles. The number of hydrogen-bond donors (Lipinski definition) is 0. The number of piperidine rings is 1. The third-order valence-electron chi connectivity index (χ3n) is 9.86. The standard InChI is InChI=1S/C32H43N3O6S/c1-32(25-9-5-3-6-10-25,23-33(2)42(37,38)26-11-7-4-8-12-26)16-19-34-17-14-28-24(21-34)13-18-35(28)31(36)41-29-22-40-30-27(29)15-20-39-30/h3-12,24,27-30H,13-23H2,1-2H3. The van der Waals surface area contributed by atoms with Crippen molar-refractivity contribution in [2.75, 3.05) is 53.0 Å². The Morgan fingerprint density at radius 1 is 1.02 bits per heavy atom. The summed E-state index contributed by atoms with van der Waals surface area (Å²) in [6, 6.07) is 19.1. The van der Waals surface area contributed by atoms with Crippen LogP contribution in [-0.4, -0.2) is 100 Å². The fraction of sp³-hybridized carbons (Fsp3) is 0.594. The second kappa shape index (κ2) is 12.2. The van der Waals surface area contributed by atoms with Crippen molar-refractivity contribution in [3.05, 3.63) is 66.2 Å². The molecule has 6 unspecified atom stereocenters. The summed E-state index contributed by atoms with van der Waals surface area (Å²) < 4.78 is 45.4. The van der Waals surface area contributed by atoms with Crippen LogP contribution in [0.5, 0.6) is 0 Å². The van der Waals surface area contributed by atoms with Crippen molar-refractivity contribution in [3.8, 4) is 0 Å². The Balaban J connectivity index is 1.07. The van der Waals surface area contributed by atoms with Crippen LogP contribution in [0.25, 0.3) is 0 Å². The van der Waals surface area contributed by atoms with E-state index in [4.69, 9.17) is 14.2 Å². The Bertz CT molecular complexity index is 1330. The molecule has 4 aliphatic rings. The Hall–Kier alpha value is -2.50. The zero-order chi connectivity index (χ0) is 29.3. The number of benzene rings is 2. The van der Waals surface area contributed by atoms with Crippen molar-refractivity contribution in [3.63, 3.8) is 0 Å². The highest BCUT2D eigenvalue weighted by Crippen LogP contribution is 2.37. The number of sulfonamides is 1. The van der Waals surface area contributed by atoms with Gasteiger partial charge in [-0.1, -0.05) is 55.5 Å². The summed E-state index contributed by atoms with van der Waals surface area (Å²) in [6.45, 7) is 7.05. The zero-order valence-corrected chi connectivity index (χ0v) is 25.5. The van der Waals surface area contributed by atoms with Gasteiger partial charge >= 0.3 is 6.09 Å². The molecule has 228 valence electrons. The average molecular weight is 598 g/mol. The lowest BCUT2D eigenvalue weighted by Crippen LogP contribution is -2.49. The molecule has 10 heteroatoms. The monoisotopic (exact) mass is 597 g/mol. The number of nitrogens with zero attached hydrogens (tertiary/aromatic N) is 3. The molecule has 6 atom stereocenters. The first-order valence-electron chi connectivity index (χ1n) is 15.2. The molecule has 0 radical (unpaired) electrons. The lowest BCUT2D eigenvalue weighted by atomic mass is 9.79. The molecule has 0 aromatic heterocycles. The Labute approximate surface area is 249 Å². The van der Waals surface area contributed by atoms with Crippen LogP contribution in [0, 0.1) is 11.8 Å². The quantitative estimate of drug-likeness (QED) is 0.433. The zero-order valence-electron chi connectivity index (χ0n) is 24.6. The summed E-state index contributed by atoms with van der Waals surface area (Å²) >= 11 is 0. The van der Waals surface area contributed by atoms with E-state index in [1.54, 1.807) is 31.3 Å². The number of fused-ring (bicyclic) bond motifs is 2. The predicted molar refractivity (Wildman–Crippen MR) is 158 cm³/mol. The molecule has 0 N–H and O–H groups in total. The minimum atomic E-state index is -3.61. The average Bonchev–Trinajstić information content (AvgIpc) is 3.74.